The van der Waals surface area contributed by atoms with Gasteiger partial charge in [-0.3, -0.25) is 19.3 Å². The molecule has 1 aromatic rings. The van der Waals surface area contributed by atoms with Gasteiger partial charge in [0.2, 0.25) is 17.7 Å². The number of imide groups is 1. The maximum Gasteiger partial charge on any atom is 0.229 e. The van der Waals surface area contributed by atoms with Gasteiger partial charge in [-0.1, -0.05) is 29.3 Å². The van der Waals surface area contributed by atoms with Crippen LogP contribution in [0.5, 0.6) is 0 Å². The number of rotatable bonds is 4. The quantitative estimate of drug-likeness (QED) is 0.715. The van der Waals surface area contributed by atoms with E-state index in [0.717, 1.165) is 18.4 Å². The minimum absolute atomic E-state index is 0.0379. The molecule has 3 aliphatic rings. The number of amides is 3. The van der Waals surface area contributed by atoms with Crippen LogP contribution in [0.3, 0.4) is 0 Å². The molecule has 144 valence electrons. The van der Waals surface area contributed by atoms with Crippen molar-refractivity contribution in [3.05, 3.63) is 33.8 Å². The fourth-order valence-electron chi connectivity index (χ4n) is 4.84. The van der Waals surface area contributed by atoms with Crippen LogP contribution in [0.2, 0.25) is 10.0 Å². The van der Waals surface area contributed by atoms with E-state index in [1.807, 2.05) is 17.0 Å². The molecular formula is C20H22Cl2N2O3. The molecule has 27 heavy (non-hydrogen) atoms. The van der Waals surface area contributed by atoms with Crippen molar-refractivity contribution >= 4 is 40.9 Å². The monoisotopic (exact) mass is 408 g/mol. The number of carbonyl (C=O) groups excluding carboxylic acids is 3. The summed E-state index contributed by atoms with van der Waals surface area (Å²) in [6, 6.07) is 5.69. The summed E-state index contributed by atoms with van der Waals surface area (Å²) in [6.07, 6.45) is 5.05. The number of piperidine rings is 1. The van der Waals surface area contributed by atoms with Gasteiger partial charge in [0.15, 0.2) is 0 Å². The van der Waals surface area contributed by atoms with Gasteiger partial charge in [-0.25, -0.2) is 0 Å². The van der Waals surface area contributed by atoms with Gasteiger partial charge in [0.05, 0.1) is 10.0 Å². The third-order valence-electron chi connectivity index (χ3n) is 6.06. The van der Waals surface area contributed by atoms with E-state index in [9.17, 15) is 14.4 Å². The molecule has 3 fully saturated rings. The Morgan fingerprint density at radius 1 is 0.963 bits per heavy atom. The molecule has 3 amide bonds. The first kappa shape index (κ1) is 18.8. The van der Waals surface area contributed by atoms with Gasteiger partial charge in [-0.2, -0.15) is 0 Å². The molecule has 4 rings (SSSR count). The third-order valence-corrected chi connectivity index (χ3v) is 6.80. The molecule has 7 heteroatoms. The zero-order valence-electron chi connectivity index (χ0n) is 15.0. The minimum atomic E-state index is -0.0520. The zero-order chi connectivity index (χ0) is 19.1. The Labute approximate surface area is 168 Å². The van der Waals surface area contributed by atoms with Crippen LogP contribution in [-0.2, 0) is 20.8 Å². The summed E-state index contributed by atoms with van der Waals surface area (Å²) >= 11 is 12.0. The van der Waals surface area contributed by atoms with E-state index in [1.54, 1.807) is 6.07 Å². The van der Waals surface area contributed by atoms with E-state index in [1.165, 1.54) is 4.90 Å². The average molecular weight is 409 g/mol. The van der Waals surface area contributed by atoms with Crippen molar-refractivity contribution in [3.63, 3.8) is 0 Å². The Balaban J connectivity index is 1.39. The first-order valence-electron chi connectivity index (χ1n) is 9.54. The molecule has 0 spiro atoms. The Hall–Kier alpha value is -1.59. The Bertz CT molecular complexity index is 767. The normalized spacial score (nSPS) is 27.6. The number of benzene rings is 1. The van der Waals surface area contributed by atoms with Crippen LogP contribution in [0.4, 0.5) is 0 Å². The van der Waals surface area contributed by atoms with Crippen LogP contribution in [0.1, 0.15) is 50.5 Å². The second-order valence-electron chi connectivity index (χ2n) is 7.72. The fourth-order valence-corrected chi connectivity index (χ4v) is 5.16. The lowest BCUT2D eigenvalue weighted by molar-refractivity contribution is -0.144. The number of hydrogen-bond acceptors (Lipinski definition) is 3. The molecule has 3 aliphatic heterocycles. The Kier molecular flexibility index (Phi) is 5.17. The molecule has 0 radical (unpaired) electrons. The largest absolute Gasteiger partial charge is 0.337 e. The van der Waals surface area contributed by atoms with Gasteiger partial charge in [0.25, 0.3) is 0 Å². The summed E-state index contributed by atoms with van der Waals surface area (Å²) in [5.74, 6) is 0.0404. The van der Waals surface area contributed by atoms with E-state index in [0.29, 0.717) is 48.6 Å². The van der Waals surface area contributed by atoms with Crippen molar-refractivity contribution in [3.8, 4) is 0 Å². The lowest BCUT2D eigenvalue weighted by atomic mass is 9.95. The Morgan fingerprint density at radius 3 is 2.19 bits per heavy atom. The molecule has 0 saturated carbocycles. The maximum atomic E-state index is 12.9. The highest BCUT2D eigenvalue weighted by Crippen LogP contribution is 2.39. The second kappa shape index (κ2) is 7.44. The maximum absolute atomic E-state index is 12.9. The highest BCUT2D eigenvalue weighted by atomic mass is 35.5. The second-order valence-corrected chi connectivity index (χ2v) is 8.53. The average Bonchev–Trinajstić information content (AvgIpc) is 3.11. The van der Waals surface area contributed by atoms with Gasteiger partial charge in [-0.05, 0) is 49.8 Å². The van der Waals surface area contributed by atoms with Crippen LogP contribution >= 0.6 is 23.2 Å². The molecule has 2 bridgehead atoms. The summed E-state index contributed by atoms with van der Waals surface area (Å²) in [5.41, 5.74) is 0.994. The van der Waals surface area contributed by atoms with Crippen LogP contribution in [0, 0.1) is 0 Å². The van der Waals surface area contributed by atoms with Gasteiger partial charge in [-0.15, -0.1) is 0 Å². The van der Waals surface area contributed by atoms with Gasteiger partial charge >= 0.3 is 0 Å². The SMILES string of the molecule is O=C1CCC(=O)N1C1CC2CCC(C1)N2C(=O)CCc1ccc(Cl)c(Cl)c1. The number of hydrogen-bond donors (Lipinski definition) is 0. The summed E-state index contributed by atoms with van der Waals surface area (Å²) < 4.78 is 0. The molecule has 2 unspecified atom stereocenters. The smallest absolute Gasteiger partial charge is 0.229 e. The number of halogens is 2. The predicted molar refractivity (Wildman–Crippen MR) is 103 cm³/mol. The summed E-state index contributed by atoms with van der Waals surface area (Å²) in [4.78, 5) is 40.4. The topological polar surface area (TPSA) is 57.7 Å². The van der Waals surface area contributed by atoms with Crippen molar-refractivity contribution in [2.24, 2.45) is 0 Å². The molecule has 5 nitrogen and oxygen atoms in total. The fraction of sp³-hybridized carbons (Fsp3) is 0.550. The highest BCUT2D eigenvalue weighted by Gasteiger charge is 2.47. The van der Waals surface area contributed by atoms with E-state index >= 15 is 0 Å². The van der Waals surface area contributed by atoms with Gasteiger partial charge < -0.3 is 4.90 Å². The molecule has 2 atom stereocenters. The van der Waals surface area contributed by atoms with Crippen LogP contribution in [0.15, 0.2) is 18.2 Å². The number of fused-ring (bicyclic) bond motifs is 2. The summed E-state index contributed by atoms with van der Waals surface area (Å²) in [6.45, 7) is 0. The number of aryl methyl sites for hydroxylation is 1. The van der Waals surface area contributed by atoms with Crippen molar-refractivity contribution in [1.82, 2.24) is 9.80 Å². The highest BCUT2D eigenvalue weighted by molar-refractivity contribution is 6.42. The molecular weight excluding hydrogens is 387 g/mol. The van der Waals surface area contributed by atoms with Crippen molar-refractivity contribution < 1.29 is 14.4 Å². The first-order valence-corrected chi connectivity index (χ1v) is 10.3. The van der Waals surface area contributed by atoms with Gasteiger partial charge in [0, 0.05) is 37.4 Å². The molecule has 0 aromatic heterocycles. The standard InChI is InChI=1S/C20H22Cl2N2O3/c21-16-5-1-12(9-17(16)22)2-6-18(25)23-13-3-4-14(23)11-15(10-13)24-19(26)7-8-20(24)27/h1,5,9,13-15H,2-4,6-8,10-11H2. The molecule has 0 N–H and O–H groups in total. The van der Waals surface area contributed by atoms with E-state index in [-0.39, 0.29) is 35.8 Å². The van der Waals surface area contributed by atoms with E-state index in [4.69, 9.17) is 23.2 Å². The Morgan fingerprint density at radius 2 is 1.59 bits per heavy atom. The lowest BCUT2D eigenvalue weighted by Gasteiger charge is -2.41. The molecule has 0 aliphatic carbocycles. The van der Waals surface area contributed by atoms with E-state index < -0.39 is 0 Å². The molecule has 3 saturated heterocycles. The molecule has 1 aromatic carbocycles. The zero-order valence-corrected chi connectivity index (χ0v) is 16.5. The minimum Gasteiger partial charge on any atom is -0.337 e. The number of likely N-dealkylation sites (tertiary alicyclic amines) is 1. The van der Waals surface area contributed by atoms with Crippen molar-refractivity contribution in [2.75, 3.05) is 0 Å². The van der Waals surface area contributed by atoms with Crippen LogP contribution < -0.4 is 0 Å². The summed E-state index contributed by atoms with van der Waals surface area (Å²) in [7, 11) is 0. The lowest BCUT2D eigenvalue weighted by Crippen LogP contribution is -2.53. The van der Waals surface area contributed by atoms with E-state index in [2.05, 4.69) is 0 Å². The molecule has 3 heterocycles. The third kappa shape index (κ3) is 3.59. The number of nitrogens with zero attached hydrogens (tertiary/aromatic N) is 2. The number of carbonyl (C=O) groups is 3. The van der Waals surface area contributed by atoms with Crippen LogP contribution in [0.25, 0.3) is 0 Å². The predicted octanol–water partition coefficient (Wildman–Crippen LogP) is 3.60. The first-order chi connectivity index (χ1) is 12.9. The van der Waals surface area contributed by atoms with Crippen LogP contribution in [-0.4, -0.2) is 45.6 Å². The van der Waals surface area contributed by atoms with Crippen molar-refractivity contribution in [2.45, 2.75) is 69.5 Å². The van der Waals surface area contributed by atoms with Crippen molar-refractivity contribution in [1.29, 1.82) is 0 Å². The van der Waals surface area contributed by atoms with Gasteiger partial charge in [0.1, 0.15) is 0 Å². The summed E-state index contributed by atoms with van der Waals surface area (Å²) in [5, 5.41) is 1.01.